The number of para-hydroxylation sites is 2. The molecule has 8 aromatic carbocycles. The predicted octanol–water partition coefficient (Wildman–Crippen LogP) is 11.9. The van der Waals surface area contributed by atoms with Gasteiger partial charge in [-0.15, -0.1) is 0 Å². The molecule has 0 saturated carbocycles. The maximum Gasteiger partial charge on any atom is 0.0619 e. The highest BCUT2D eigenvalue weighted by Crippen LogP contribution is 2.39. The third kappa shape index (κ3) is 3.65. The number of fused-ring (bicyclic) bond motifs is 9. The fourth-order valence-electron chi connectivity index (χ4n) is 7.58. The van der Waals surface area contributed by atoms with Gasteiger partial charge in [-0.25, -0.2) is 0 Å². The van der Waals surface area contributed by atoms with E-state index in [1.807, 2.05) is 0 Å². The monoisotopic (exact) mass is 584 g/mol. The van der Waals surface area contributed by atoms with Gasteiger partial charge in [-0.1, -0.05) is 121 Å². The molecule has 2 heterocycles. The van der Waals surface area contributed by atoms with Gasteiger partial charge in [0.15, 0.2) is 0 Å². The summed E-state index contributed by atoms with van der Waals surface area (Å²) in [6.45, 7) is 0. The fraction of sp³-hybridized carbons (Fsp3) is 0. The molecule has 0 fully saturated rings. The number of benzene rings is 8. The molecular weight excluding hydrogens is 556 g/mol. The Hall–Kier alpha value is -6.12. The molecule has 0 aliphatic heterocycles. The van der Waals surface area contributed by atoms with Crippen LogP contribution < -0.4 is 0 Å². The summed E-state index contributed by atoms with van der Waals surface area (Å²) in [6, 6.07) is 62.0. The second-order valence-corrected chi connectivity index (χ2v) is 12.2. The van der Waals surface area contributed by atoms with Crippen molar-refractivity contribution in [1.29, 1.82) is 0 Å². The minimum absolute atomic E-state index is 1.16. The average Bonchev–Trinajstić information content (AvgIpc) is 3.63. The second kappa shape index (κ2) is 9.69. The highest BCUT2D eigenvalue weighted by atomic mass is 15.0. The van der Waals surface area contributed by atoms with Crippen LogP contribution in [0.4, 0.5) is 0 Å². The molecular formula is C44H28N2. The molecule has 2 heteroatoms. The predicted molar refractivity (Wildman–Crippen MR) is 196 cm³/mol. The molecule has 0 spiro atoms. The van der Waals surface area contributed by atoms with Gasteiger partial charge in [-0.2, -0.15) is 0 Å². The summed E-state index contributed by atoms with van der Waals surface area (Å²) in [5.74, 6) is 0. The largest absolute Gasteiger partial charge is 0.309 e. The van der Waals surface area contributed by atoms with Crippen LogP contribution in [0, 0.1) is 0 Å². The van der Waals surface area contributed by atoms with Crippen molar-refractivity contribution in [3.63, 3.8) is 0 Å². The van der Waals surface area contributed by atoms with Gasteiger partial charge >= 0.3 is 0 Å². The van der Waals surface area contributed by atoms with E-state index in [-0.39, 0.29) is 0 Å². The first-order valence-electron chi connectivity index (χ1n) is 15.9. The van der Waals surface area contributed by atoms with Crippen molar-refractivity contribution in [1.82, 2.24) is 9.13 Å². The number of hydrogen-bond acceptors (Lipinski definition) is 0. The van der Waals surface area contributed by atoms with Crippen LogP contribution in [-0.4, -0.2) is 9.13 Å². The lowest BCUT2D eigenvalue weighted by atomic mass is 10.0. The van der Waals surface area contributed by atoms with Crippen LogP contribution in [0.25, 0.3) is 87.7 Å². The Morgan fingerprint density at radius 2 is 0.826 bits per heavy atom. The standard InChI is InChI=1S/C44H28N2/c1-2-13-33-28-43-40(27-32(33)12-1)38-20-6-7-21-41(38)45(43)34-16-9-14-30(25-34)31-15-10-17-35(26-31)46-42-22-8-5-19-37(42)39-24-23-29-11-3-4-18-36(29)44(39)46/h1-28H. The average molecular weight is 585 g/mol. The lowest BCUT2D eigenvalue weighted by Gasteiger charge is -2.13. The smallest absolute Gasteiger partial charge is 0.0619 e. The Labute approximate surface area is 266 Å². The third-order valence-electron chi connectivity index (χ3n) is 9.64. The van der Waals surface area contributed by atoms with E-state index < -0.39 is 0 Å². The first-order valence-corrected chi connectivity index (χ1v) is 15.9. The van der Waals surface area contributed by atoms with E-state index in [4.69, 9.17) is 0 Å². The van der Waals surface area contributed by atoms with E-state index >= 15 is 0 Å². The molecule has 0 saturated heterocycles. The molecule has 0 aliphatic carbocycles. The van der Waals surface area contributed by atoms with Crippen LogP contribution >= 0.6 is 0 Å². The number of rotatable bonds is 3. The van der Waals surface area contributed by atoms with Crippen molar-refractivity contribution in [2.75, 3.05) is 0 Å². The summed E-state index contributed by atoms with van der Waals surface area (Å²) >= 11 is 0. The molecule has 10 rings (SSSR count). The van der Waals surface area contributed by atoms with E-state index in [9.17, 15) is 0 Å². The van der Waals surface area contributed by atoms with E-state index in [0.29, 0.717) is 0 Å². The molecule has 0 bridgehead atoms. The van der Waals surface area contributed by atoms with Gasteiger partial charge < -0.3 is 9.13 Å². The zero-order valence-electron chi connectivity index (χ0n) is 25.1. The van der Waals surface area contributed by atoms with Gasteiger partial charge in [0.25, 0.3) is 0 Å². The minimum atomic E-state index is 1.16. The molecule has 0 aliphatic rings. The van der Waals surface area contributed by atoms with Gasteiger partial charge in [0.05, 0.1) is 22.1 Å². The number of nitrogens with zero attached hydrogens (tertiary/aromatic N) is 2. The van der Waals surface area contributed by atoms with Crippen LogP contribution in [0.5, 0.6) is 0 Å². The molecule has 2 nitrogen and oxygen atoms in total. The molecule has 214 valence electrons. The lowest BCUT2D eigenvalue weighted by Crippen LogP contribution is -1.96. The maximum atomic E-state index is 2.44. The molecule has 0 N–H and O–H groups in total. The number of hydrogen-bond donors (Lipinski definition) is 0. The molecule has 0 atom stereocenters. The zero-order valence-corrected chi connectivity index (χ0v) is 25.1. The fourth-order valence-corrected chi connectivity index (χ4v) is 7.58. The molecule has 0 unspecified atom stereocenters. The van der Waals surface area contributed by atoms with Crippen molar-refractivity contribution in [2.24, 2.45) is 0 Å². The van der Waals surface area contributed by atoms with Gasteiger partial charge in [0.2, 0.25) is 0 Å². The molecule has 2 aromatic heterocycles. The maximum absolute atomic E-state index is 2.44. The van der Waals surface area contributed by atoms with Gasteiger partial charge in [0, 0.05) is 38.3 Å². The normalized spacial score (nSPS) is 11.9. The first-order chi connectivity index (χ1) is 22.8. The van der Waals surface area contributed by atoms with Crippen LogP contribution in [0.2, 0.25) is 0 Å². The Balaban J connectivity index is 1.19. The zero-order chi connectivity index (χ0) is 30.2. The summed E-state index contributed by atoms with van der Waals surface area (Å²) in [5.41, 5.74) is 9.62. The summed E-state index contributed by atoms with van der Waals surface area (Å²) in [6.07, 6.45) is 0. The molecule has 0 amide bonds. The Kier molecular flexibility index (Phi) is 5.31. The molecule has 46 heavy (non-hydrogen) atoms. The summed E-state index contributed by atoms with van der Waals surface area (Å²) in [4.78, 5) is 0. The lowest BCUT2D eigenvalue weighted by molar-refractivity contribution is 1.18. The van der Waals surface area contributed by atoms with Gasteiger partial charge in [-0.3, -0.25) is 0 Å². The quantitative estimate of drug-likeness (QED) is 0.195. The van der Waals surface area contributed by atoms with Crippen molar-refractivity contribution in [3.05, 3.63) is 170 Å². The third-order valence-corrected chi connectivity index (χ3v) is 9.64. The summed E-state index contributed by atoms with van der Waals surface area (Å²) in [5, 5.41) is 10.1. The van der Waals surface area contributed by atoms with Crippen LogP contribution in [0.15, 0.2) is 170 Å². The number of aromatic nitrogens is 2. The molecule has 10 aromatic rings. The highest BCUT2D eigenvalue weighted by Gasteiger charge is 2.16. The van der Waals surface area contributed by atoms with Crippen molar-refractivity contribution in [2.45, 2.75) is 0 Å². The minimum Gasteiger partial charge on any atom is -0.309 e. The van der Waals surface area contributed by atoms with E-state index in [2.05, 4.69) is 179 Å². The van der Waals surface area contributed by atoms with Crippen LogP contribution in [0.3, 0.4) is 0 Å². The highest BCUT2D eigenvalue weighted by molar-refractivity contribution is 6.18. The van der Waals surface area contributed by atoms with E-state index in [1.165, 1.54) is 76.3 Å². The molecule has 0 radical (unpaired) electrons. The van der Waals surface area contributed by atoms with Gasteiger partial charge in [-0.05, 0) is 75.8 Å². The Morgan fingerprint density at radius 3 is 1.54 bits per heavy atom. The summed E-state index contributed by atoms with van der Waals surface area (Å²) < 4.78 is 4.86. The van der Waals surface area contributed by atoms with Crippen molar-refractivity contribution in [3.8, 4) is 22.5 Å². The van der Waals surface area contributed by atoms with E-state index in [1.54, 1.807) is 0 Å². The van der Waals surface area contributed by atoms with Gasteiger partial charge in [0.1, 0.15) is 0 Å². The van der Waals surface area contributed by atoms with Crippen molar-refractivity contribution >= 4 is 65.2 Å². The second-order valence-electron chi connectivity index (χ2n) is 12.2. The SMILES string of the molecule is c1cc(-c2cccc(-n3c4ccccc4c4ccc5ccccc5c43)c2)cc(-n2c3ccccc3c3cc4ccccc4cc32)c1. The van der Waals surface area contributed by atoms with E-state index in [0.717, 1.165) is 11.4 Å². The first kappa shape index (κ1) is 25.2. The van der Waals surface area contributed by atoms with Crippen LogP contribution in [0.1, 0.15) is 0 Å². The Bertz CT molecular complexity index is 2810. The topological polar surface area (TPSA) is 9.86 Å². The summed E-state index contributed by atoms with van der Waals surface area (Å²) in [7, 11) is 0. The Morgan fingerprint density at radius 1 is 0.283 bits per heavy atom. The van der Waals surface area contributed by atoms with Crippen molar-refractivity contribution < 1.29 is 0 Å². The van der Waals surface area contributed by atoms with Crippen LogP contribution in [-0.2, 0) is 0 Å².